The molecule has 1 aliphatic heterocycles. The molecule has 0 bridgehead atoms. The largest absolute Gasteiger partial charge is 0.355 e. The molecule has 78 valence electrons. The molecule has 1 unspecified atom stereocenters. The van der Waals surface area contributed by atoms with Gasteiger partial charge in [-0.2, -0.15) is 0 Å². The van der Waals surface area contributed by atoms with Gasteiger partial charge >= 0.3 is 0 Å². The summed E-state index contributed by atoms with van der Waals surface area (Å²) in [5.41, 5.74) is 5.86. The first kappa shape index (κ1) is 10.9. The van der Waals surface area contributed by atoms with E-state index in [1.807, 2.05) is 0 Å². The number of hydrogen-bond acceptors (Lipinski definition) is 4. The second kappa shape index (κ2) is 5.54. The van der Waals surface area contributed by atoms with E-state index in [-0.39, 0.29) is 6.29 Å². The molecule has 4 nitrogen and oxygen atoms in total. The van der Waals surface area contributed by atoms with Crippen LogP contribution in [0.2, 0.25) is 0 Å². The molecule has 0 aromatic heterocycles. The minimum absolute atomic E-state index is 0.120. The molecule has 1 heterocycles. The highest BCUT2D eigenvalue weighted by Gasteiger charge is 2.19. The van der Waals surface area contributed by atoms with Crippen molar-refractivity contribution in [3.8, 4) is 0 Å². The average Bonchev–Trinajstić information content (AvgIpc) is 2.14. The van der Waals surface area contributed by atoms with Crippen molar-refractivity contribution in [1.29, 1.82) is 0 Å². The van der Waals surface area contributed by atoms with Gasteiger partial charge in [-0.15, -0.1) is 0 Å². The lowest BCUT2D eigenvalue weighted by Crippen LogP contribution is -2.46. The molecule has 0 radical (unpaired) electrons. The van der Waals surface area contributed by atoms with Gasteiger partial charge in [0.05, 0.1) is 0 Å². The number of methoxy groups -OCH3 is 2. The van der Waals surface area contributed by atoms with Gasteiger partial charge in [0.25, 0.3) is 0 Å². The van der Waals surface area contributed by atoms with E-state index in [1.165, 1.54) is 6.42 Å². The number of piperidine rings is 1. The lowest BCUT2D eigenvalue weighted by atomic mass is 10.1. The monoisotopic (exact) mass is 188 g/mol. The highest BCUT2D eigenvalue weighted by molar-refractivity contribution is 4.75. The molecular weight excluding hydrogens is 168 g/mol. The number of nitrogens with zero attached hydrogens (tertiary/aromatic N) is 1. The lowest BCUT2D eigenvalue weighted by molar-refractivity contribution is -0.118. The Morgan fingerprint density at radius 3 is 2.69 bits per heavy atom. The lowest BCUT2D eigenvalue weighted by Gasteiger charge is -2.32. The molecule has 1 rings (SSSR count). The van der Waals surface area contributed by atoms with Crippen molar-refractivity contribution in [2.45, 2.75) is 25.2 Å². The van der Waals surface area contributed by atoms with Crippen molar-refractivity contribution in [3.63, 3.8) is 0 Å². The zero-order valence-corrected chi connectivity index (χ0v) is 8.53. The van der Waals surface area contributed by atoms with Gasteiger partial charge in [-0.3, -0.25) is 4.90 Å². The summed E-state index contributed by atoms with van der Waals surface area (Å²) < 4.78 is 10.3. The summed E-state index contributed by atoms with van der Waals surface area (Å²) in [5, 5.41) is 0. The summed E-state index contributed by atoms with van der Waals surface area (Å²) in [6.45, 7) is 2.89. The summed E-state index contributed by atoms with van der Waals surface area (Å²) in [5.74, 6) is 0. The molecule has 13 heavy (non-hydrogen) atoms. The number of nitrogens with two attached hydrogens (primary N) is 1. The first-order valence-electron chi connectivity index (χ1n) is 4.79. The van der Waals surface area contributed by atoms with Crippen LogP contribution in [0.25, 0.3) is 0 Å². The molecular formula is C9H20N2O2. The fourth-order valence-electron chi connectivity index (χ4n) is 1.71. The number of likely N-dealkylation sites (tertiary alicyclic amines) is 1. The SMILES string of the molecule is COC(CN1CCCC(N)C1)OC. The van der Waals surface area contributed by atoms with E-state index in [0.29, 0.717) is 6.04 Å². The molecule has 0 amide bonds. The molecule has 1 atom stereocenters. The number of rotatable bonds is 4. The minimum Gasteiger partial charge on any atom is -0.355 e. The van der Waals surface area contributed by atoms with Crippen molar-refractivity contribution in [2.24, 2.45) is 5.73 Å². The first-order valence-corrected chi connectivity index (χ1v) is 4.79. The Kier molecular flexibility index (Phi) is 4.66. The van der Waals surface area contributed by atoms with Crippen molar-refractivity contribution in [3.05, 3.63) is 0 Å². The molecule has 0 aromatic rings. The first-order chi connectivity index (χ1) is 6.26. The van der Waals surface area contributed by atoms with E-state index in [2.05, 4.69) is 4.90 Å². The van der Waals surface area contributed by atoms with E-state index in [1.54, 1.807) is 14.2 Å². The summed E-state index contributed by atoms with van der Waals surface area (Å²) in [6.07, 6.45) is 2.20. The number of hydrogen-bond donors (Lipinski definition) is 1. The highest BCUT2D eigenvalue weighted by atomic mass is 16.7. The molecule has 2 N–H and O–H groups in total. The van der Waals surface area contributed by atoms with Crippen molar-refractivity contribution >= 4 is 0 Å². The molecule has 0 aliphatic carbocycles. The smallest absolute Gasteiger partial charge is 0.169 e. The van der Waals surface area contributed by atoms with E-state index >= 15 is 0 Å². The zero-order valence-electron chi connectivity index (χ0n) is 8.53. The third-order valence-electron chi connectivity index (χ3n) is 2.48. The third-order valence-corrected chi connectivity index (χ3v) is 2.48. The summed E-state index contributed by atoms with van der Waals surface area (Å²) in [4.78, 5) is 2.30. The molecule has 4 heteroatoms. The van der Waals surface area contributed by atoms with Crippen molar-refractivity contribution < 1.29 is 9.47 Å². The molecule has 0 spiro atoms. The fraction of sp³-hybridized carbons (Fsp3) is 1.00. The summed E-state index contributed by atoms with van der Waals surface area (Å²) in [6, 6.07) is 0.322. The van der Waals surface area contributed by atoms with Gasteiger partial charge in [0.1, 0.15) is 0 Å². The van der Waals surface area contributed by atoms with Gasteiger partial charge in [-0.05, 0) is 19.4 Å². The van der Waals surface area contributed by atoms with Gasteiger partial charge in [-0.1, -0.05) is 0 Å². The van der Waals surface area contributed by atoms with Crippen LogP contribution in [0, 0.1) is 0 Å². The molecule has 0 aromatic carbocycles. The van der Waals surface area contributed by atoms with Crippen LogP contribution in [-0.4, -0.2) is 51.1 Å². The third kappa shape index (κ3) is 3.60. The van der Waals surface area contributed by atoms with Crippen LogP contribution in [0.15, 0.2) is 0 Å². The van der Waals surface area contributed by atoms with Crippen LogP contribution < -0.4 is 5.73 Å². The van der Waals surface area contributed by atoms with Gasteiger partial charge < -0.3 is 15.2 Å². The second-order valence-corrected chi connectivity index (χ2v) is 3.56. The predicted molar refractivity (Wildman–Crippen MR) is 51.5 cm³/mol. The van der Waals surface area contributed by atoms with E-state index in [4.69, 9.17) is 15.2 Å². The minimum atomic E-state index is -0.120. The summed E-state index contributed by atoms with van der Waals surface area (Å²) >= 11 is 0. The Bertz CT molecular complexity index is 140. The van der Waals surface area contributed by atoms with Gasteiger partial charge in [-0.25, -0.2) is 0 Å². The van der Waals surface area contributed by atoms with Crippen LogP contribution >= 0.6 is 0 Å². The normalized spacial score (nSPS) is 25.4. The van der Waals surface area contributed by atoms with Crippen molar-refractivity contribution in [2.75, 3.05) is 33.9 Å². The Morgan fingerprint density at radius 1 is 1.46 bits per heavy atom. The quantitative estimate of drug-likeness (QED) is 0.632. The maximum Gasteiger partial charge on any atom is 0.169 e. The van der Waals surface area contributed by atoms with Crippen LogP contribution in [0.1, 0.15) is 12.8 Å². The maximum atomic E-state index is 5.86. The van der Waals surface area contributed by atoms with Crippen LogP contribution in [0.3, 0.4) is 0 Å². The van der Waals surface area contributed by atoms with Crippen LogP contribution in [0.5, 0.6) is 0 Å². The van der Waals surface area contributed by atoms with Crippen LogP contribution in [-0.2, 0) is 9.47 Å². The second-order valence-electron chi connectivity index (χ2n) is 3.56. The van der Waals surface area contributed by atoms with E-state index in [0.717, 1.165) is 26.1 Å². The molecule has 1 saturated heterocycles. The zero-order chi connectivity index (χ0) is 9.68. The fourth-order valence-corrected chi connectivity index (χ4v) is 1.71. The van der Waals surface area contributed by atoms with Gasteiger partial charge in [0.15, 0.2) is 6.29 Å². The topological polar surface area (TPSA) is 47.7 Å². The Morgan fingerprint density at radius 2 is 2.15 bits per heavy atom. The summed E-state index contributed by atoms with van der Waals surface area (Å²) in [7, 11) is 3.33. The molecule has 1 fully saturated rings. The molecule has 0 saturated carbocycles. The van der Waals surface area contributed by atoms with Gasteiger partial charge in [0.2, 0.25) is 0 Å². The average molecular weight is 188 g/mol. The Balaban J connectivity index is 2.26. The standard InChI is InChI=1S/C9H20N2O2/c1-12-9(13-2)7-11-5-3-4-8(10)6-11/h8-9H,3-7,10H2,1-2H3. The van der Waals surface area contributed by atoms with Crippen molar-refractivity contribution in [1.82, 2.24) is 4.90 Å². The Hall–Kier alpha value is -0.160. The predicted octanol–water partition coefficient (Wildman–Crippen LogP) is 0.0284. The molecule has 1 aliphatic rings. The van der Waals surface area contributed by atoms with E-state index < -0.39 is 0 Å². The maximum absolute atomic E-state index is 5.86. The van der Waals surface area contributed by atoms with Gasteiger partial charge in [0, 0.05) is 33.4 Å². The van der Waals surface area contributed by atoms with E-state index in [9.17, 15) is 0 Å². The Labute approximate surface area is 80.0 Å². The van der Waals surface area contributed by atoms with Crippen LogP contribution in [0.4, 0.5) is 0 Å². The number of ether oxygens (including phenoxy) is 2. The highest BCUT2D eigenvalue weighted by Crippen LogP contribution is 2.09.